The van der Waals surface area contributed by atoms with Gasteiger partial charge in [0.2, 0.25) is 0 Å². The molecule has 1 spiro atoms. The average molecular weight is 1060 g/mol. The van der Waals surface area contributed by atoms with Crippen molar-refractivity contribution < 1.29 is 0 Å². The van der Waals surface area contributed by atoms with Gasteiger partial charge in [0.05, 0.1) is 16.8 Å². The molecule has 2 heteroatoms. The molecule has 0 amide bonds. The summed E-state index contributed by atoms with van der Waals surface area (Å²) in [7, 11) is 0. The van der Waals surface area contributed by atoms with E-state index >= 15 is 0 Å². The predicted molar refractivity (Wildman–Crippen MR) is 349 cm³/mol. The van der Waals surface area contributed by atoms with Crippen LogP contribution < -0.4 is 9.80 Å². The smallest absolute Gasteiger partial charge is 0.0725 e. The molecule has 0 heterocycles. The minimum Gasteiger partial charge on any atom is -0.310 e. The van der Waals surface area contributed by atoms with E-state index in [0.717, 1.165) is 45.3 Å². The fourth-order valence-corrected chi connectivity index (χ4v) is 13.7. The molecular formula is C81H54N2. The number of hydrogen-bond acceptors (Lipinski definition) is 2. The highest BCUT2D eigenvalue weighted by atomic mass is 15.1. The maximum Gasteiger partial charge on any atom is 0.0725 e. The van der Waals surface area contributed by atoms with E-state index in [1.54, 1.807) is 0 Å². The lowest BCUT2D eigenvalue weighted by Crippen LogP contribution is -2.25. The zero-order valence-electron chi connectivity index (χ0n) is 45.6. The first kappa shape index (κ1) is 48.1. The highest BCUT2D eigenvalue weighted by Gasteiger charge is 2.52. The van der Waals surface area contributed by atoms with E-state index in [4.69, 9.17) is 0 Å². The Hall–Kier alpha value is -10.8. The molecule has 0 aliphatic heterocycles. The molecule has 388 valence electrons. The Morgan fingerprint density at radius 3 is 0.928 bits per heavy atom. The minimum atomic E-state index is -0.577. The van der Waals surface area contributed by atoms with Gasteiger partial charge in [-0.15, -0.1) is 0 Å². The van der Waals surface area contributed by atoms with E-state index in [0.29, 0.717) is 0 Å². The number of rotatable bonds is 10. The van der Waals surface area contributed by atoms with Crippen molar-refractivity contribution in [2.24, 2.45) is 0 Å². The molecule has 0 aromatic heterocycles. The second-order valence-electron chi connectivity index (χ2n) is 22.0. The van der Waals surface area contributed by atoms with Gasteiger partial charge in [-0.25, -0.2) is 0 Å². The van der Waals surface area contributed by atoms with Crippen LogP contribution >= 0.6 is 0 Å². The largest absolute Gasteiger partial charge is 0.310 e. The summed E-state index contributed by atoms with van der Waals surface area (Å²) >= 11 is 0. The Balaban J connectivity index is 0.895. The molecule has 2 aliphatic rings. The van der Waals surface area contributed by atoms with Crippen LogP contribution in [0.2, 0.25) is 0 Å². The Kier molecular flexibility index (Phi) is 11.5. The third-order valence-electron chi connectivity index (χ3n) is 17.4. The second kappa shape index (κ2) is 19.8. The monoisotopic (exact) mass is 1050 g/mol. The molecule has 0 atom stereocenters. The molecule has 14 aromatic carbocycles. The van der Waals surface area contributed by atoms with E-state index in [9.17, 15) is 0 Å². The van der Waals surface area contributed by atoms with Crippen molar-refractivity contribution in [1.29, 1.82) is 0 Å². The Morgan fingerprint density at radius 1 is 0.181 bits per heavy atom. The summed E-state index contributed by atoms with van der Waals surface area (Å²) < 4.78 is 0. The molecule has 2 aliphatic carbocycles. The van der Waals surface area contributed by atoms with Gasteiger partial charge in [0.25, 0.3) is 0 Å². The molecule has 16 rings (SSSR count). The van der Waals surface area contributed by atoms with Gasteiger partial charge in [0.15, 0.2) is 0 Å². The van der Waals surface area contributed by atoms with Gasteiger partial charge in [-0.1, -0.05) is 231 Å². The molecular weight excluding hydrogens is 1000 g/mol. The zero-order valence-corrected chi connectivity index (χ0v) is 45.6. The van der Waals surface area contributed by atoms with Crippen LogP contribution in [0.3, 0.4) is 0 Å². The first-order valence-corrected chi connectivity index (χ1v) is 28.7. The van der Waals surface area contributed by atoms with Crippen molar-refractivity contribution in [3.05, 3.63) is 350 Å². The molecule has 0 N–H and O–H groups in total. The first-order valence-electron chi connectivity index (χ1n) is 28.7. The van der Waals surface area contributed by atoms with Gasteiger partial charge in [-0.3, -0.25) is 0 Å². The number of benzene rings is 14. The maximum atomic E-state index is 2.53. The van der Waals surface area contributed by atoms with Gasteiger partial charge in [0.1, 0.15) is 0 Å². The number of fused-ring (bicyclic) bond motifs is 12. The van der Waals surface area contributed by atoms with Crippen LogP contribution in [0, 0.1) is 0 Å². The van der Waals surface area contributed by atoms with Crippen molar-refractivity contribution in [2.45, 2.75) is 5.41 Å². The third-order valence-corrected chi connectivity index (χ3v) is 17.4. The topological polar surface area (TPSA) is 6.48 Å². The standard InChI is InChI=1S/C81H54N2/c1-7-23-55(24-8-1)59-41-45-79(71(49-59)57-27-11-3-12-28-57)82(65-31-15-5-16-32-65)67-43-39-61-51-73-74-52-62-40-44-68(48-64(62)54-78(74)81(77(73)53-63(61)47-67)75-37-21-19-35-69(75)70-36-20-22-38-76(70)81)83(66-33-17-6-18-34-66)80-46-42-60(56-25-9-2-10-26-56)50-72(80)58-29-13-4-14-30-58/h1-54H. The van der Waals surface area contributed by atoms with Crippen molar-refractivity contribution >= 4 is 55.7 Å². The molecule has 0 saturated carbocycles. The van der Waals surface area contributed by atoms with Gasteiger partial charge in [0, 0.05) is 33.9 Å². The molecule has 0 radical (unpaired) electrons. The maximum absolute atomic E-state index is 2.53. The summed E-state index contributed by atoms with van der Waals surface area (Å²) in [6.45, 7) is 0. The van der Waals surface area contributed by atoms with Gasteiger partial charge in [-0.05, 0) is 196 Å². The number of anilines is 6. The normalized spacial score (nSPS) is 12.4. The van der Waals surface area contributed by atoms with Crippen LogP contribution in [0.15, 0.2) is 328 Å². The highest BCUT2D eigenvalue weighted by Crippen LogP contribution is 2.64. The fraction of sp³-hybridized carbons (Fsp3) is 0.0123. The van der Waals surface area contributed by atoms with Crippen molar-refractivity contribution in [3.63, 3.8) is 0 Å². The molecule has 0 bridgehead atoms. The summed E-state index contributed by atoms with van der Waals surface area (Å²) in [5, 5.41) is 4.78. The second-order valence-corrected chi connectivity index (χ2v) is 22.0. The molecule has 0 unspecified atom stereocenters. The van der Waals surface area contributed by atoms with Gasteiger partial charge < -0.3 is 9.80 Å². The Labute approximate surface area is 484 Å². The van der Waals surface area contributed by atoms with Crippen molar-refractivity contribution in [2.75, 3.05) is 9.80 Å². The minimum absolute atomic E-state index is 0.577. The summed E-state index contributed by atoms with van der Waals surface area (Å²) in [5.74, 6) is 0. The van der Waals surface area contributed by atoms with E-state index in [1.807, 2.05) is 0 Å². The van der Waals surface area contributed by atoms with Crippen LogP contribution in [0.4, 0.5) is 34.1 Å². The van der Waals surface area contributed by atoms with Crippen LogP contribution in [-0.4, -0.2) is 0 Å². The summed E-state index contributed by atoms with van der Waals surface area (Å²) in [5.41, 5.74) is 25.8. The number of hydrogen-bond donors (Lipinski definition) is 0. The third kappa shape index (κ3) is 7.94. The van der Waals surface area contributed by atoms with E-state index in [1.165, 1.54) is 99.4 Å². The Morgan fingerprint density at radius 2 is 0.530 bits per heavy atom. The summed E-state index contributed by atoms with van der Waals surface area (Å²) in [4.78, 5) is 4.88. The highest BCUT2D eigenvalue weighted by molar-refractivity contribution is 6.05. The van der Waals surface area contributed by atoms with E-state index < -0.39 is 5.41 Å². The SMILES string of the molecule is c1ccc(-c2ccc(N(c3ccccc3)c3ccc4cc5c(cc4c3)C3(c4ccccc4-c4ccccc43)c3cc4cc(N(c6ccccc6)c6ccc(-c7ccccc7)cc6-c6ccccc6)ccc4cc3-5)c(-c3ccccc3)c2)cc1. The van der Waals surface area contributed by atoms with E-state index in [2.05, 4.69) is 337 Å². The van der Waals surface area contributed by atoms with Crippen LogP contribution in [-0.2, 0) is 5.41 Å². The summed E-state index contributed by atoms with van der Waals surface area (Å²) in [6.07, 6.45) is 0. The van der Waals surface area contributed by atoms with E-state index in [-0.39, 0.29) is 0 Å². The van der Waals surface area contributed by atoms with Gasteiger partial charge >= 0.3 is 0 Å². The molecule has 0 fully saturated rings. The summed E-state index contributed by atoms with van der Waals surface area (Å²) in [6, 6.07) is 121. The lowest BCUT2D eigenvalue weighted by atomic mass is 9.70. The quantitative estimate of drug-likeness (QED) is 0.135. The van der Waals surface area contributed by atoms with Crippen LogP contribution in [0.1, 0.15) is 22.3 Å². The fourth-order valence-electron chi connectivity index (χ4n) is 13.7. The lowest BCUT2D eigenvalue weighted by molar-refractivity contribution is 0.796. The first-order chi connectivity index (χ1) is 41.2. The molecule has 83 heavy (non-hydrogen) atoms. The molecule has 14 aromatic rings. The number of para-hydroxylation sites is 2. The molecule has 0 saturated heterocycles. The lowest BCUT2D eigenvalue weighted by Gasteiger charge is -2.31. The van der Waals surface area contributed by atoms with Crippen LogP contribution in [0.25, 0.3) is 88.3 Å². The number of nitrogens with zero attached hydrogens (tertiary/aromatic N) is 2. The van der Waals surface area contributed by atoms with Crippen LogP contribution in [0.5, 0.6) is 0 Å². The molecule has 2 nitrogen and oxygen atoms in total. The Bertz CT molecular complexity index is 4460. The average Bonchev–Trinajstić information content (AvgIpc) is 1.72. The zero-order chi connectivity index (χ0) is 54.8. The van der Waals surface area contributed by atoms with Gasteiger partial charge in [-0.2, -0.15) is 0 Å². The van der Waals surface area contributed by atoms with Crippen molar-refractivity contribution in [3.8, 4) is 66.8 Å². The predicted octanol–water partition coefficient (Wildman–Crippen LogP) is 21.9. The van der Waals surface area contributed by atoms with Crippen molar-refractivity contribution in [1.82, 2.24) is 0 Å².